The Morgan fingerprint density at radius 2 is 1.94 bits per heavy atom. The first kappa shape index (κ1) is 21.6. The lowest BCUT2D eigenvalue weighted by Gasteiger charge is -2.31. The highest BCUT2D eigenvalue weighted by molar-refractivity contribution is 5.74. The zero-order valence-electron chi connectivity index (χ0n) is 17.9. The summed E-state index contributed by atoms with van der Waals surface area (Å²) < 4.78 is 66.4. The highest BCUT2D eigenvalue weighted by Crippen LogP contribution is 2.54. The quantitative estimate of drug-likeness (QED) is 0.419. The molecular formula is C25H22F4N2O2. The second-order valence-corrected chi connectivity index (χ2v) is 8.50. The molecule has 2 atom stereocenters. The van der Waals surface area contributed by atoms with E-state index in [1.54, 1.807) is 36.6 Å². The van der Waals surface area contributed by atoms with Gasteiger partial charge in [-0.25, -0.2) is 9.37 Å². The molecule has 3 aromatic rings. The molecule has 1 spiro atoms. The van der Waals surface area contributed by atoms with E-state index in [-0.39, 0.29) is 11.7 Å². The summed E-state index contributed by atoms with van der Waals surface area (Å²) >= 11 is 0. The summed E-state index contributed by atoms with van der Waals surface area (Å²) in [4.78, 5) is 3.48. The van der Waals surface area contributed by atoms with Gasteiger partial charge in [0.2, 0.25) is 5.82 Å². The van der Waals surface area contributed by atoms with Crippen molar-refractivity contribution < 1.29 is 27.0 Å². The summed E-state index contributed by atoms with van der Waals surface area (Å²) in [6, 6.07) is 11.4. The Bertz CT molecular complexity index is 1200. The van der Waals surface area contributed by atoms with Crippen LogP contribution in [0.3, 0.4) is 0 Å². The Morgan fingerprint density at radius 3 is 2.67 bits per heavy atom. The van der Waals surface area contributed by atoms with Gasteiger partial charge in [0.1, 0.15) is 17.2 Å². The number of ether oxygens (including phenoxy) is 2. The van der Waals surface area contributed by atoms with Gasteiger partial charge in [-0.3, -0.25) is 4.57 Å². The molecule has 8 heteroatoms. The molecule has 1 aromatic heterocycles. The highest BCUT2D eigenvalue weighted by Gasteiger charge is 2.48. The minimum Gasteiger partial charge on any atom is -0.496 e. The van der Waals surface area contributed by atoms with Gasteiger partial charge in [-0.05, 0) is 55.2 Å². The summed E-state index contributed by atoms with van der Waals surface area (Å²) in [5, 5.41) is 0. The Labute approximate surface area is 188 Å². The molecule has 2 aliphatic rings. The molecule has 0 radical (unpaired) electrons. The van der Waals surface area contributed by atoms with Crippen LogP contribution < -0.4 is 4.74 Å². The number of aromatic nitrogens is 2. The average Bonchev–Trinajstić information content (AvgIpc) is 3.54. The SMILES string of the molecule is COc1ccc(-n2ccnc2C(F)(F)F)cc1C1=CO[C@]2(CCC[C@H]2c2ccc(F)cc2)C1. The first-order chi connectivity index (χ1) is 15.8. The molecule has 0 unspecified atom stereocenters. The van der Waals surface area contributed by atoms with Crippen LogP contribution in [0.1, 0.15) is 48.6 Å². The van der Waals surface area contributed by atoms with Crippen molar-refractivity contribution in [2.45, 2.75) is 43.4 Å². The molecule has 1 aliphatic carbocycles. The largest absolute Gasteiger partial charge is 0.496 e. The van der Waals surface area contributed by atoms with Gasteiger partial charge in [0.25, 0.3) is 0 Å². The van der Waals surface area contributed by atoms with E-state index in [2.05, 4.69) is 4.98 Å². The van der Waals surface area contributed by atoms with Crippen LogP contribution in [-0.2, 0) is 10.9 Å². The van der Waals surface area contributed by atoms with E-state index in [4.69, 9.17) is 9.47 Å². The number of hydrogen-bond donors (Lipinski definition) is 0. The monoisotopic (exact) mass is 458 g/mol. The van der Waals surface area contributed by atoms with Crippen LogP contribution in [0.4, 0.5) is 17.6 Å². The number of benzene rings is 2. The fraction of sp³-hybridized carbons (Fsp3) is 0.320. The smallest absolute Gasteiger partial charge is 0.450 e. The number of nitrogens with zero attached hydrogens (tertiary/aromatic N) is 2. The van der Waals surface area contributed by atoms with Crippen LogP contribution >= 0.6 is 0 Å². The molecule has 1 fully saturated rings. The maximum atomic E-state index is 13.4. The molecule has 0 saturated heterocycles. The summed E-state index contributed by atoms with van der Waals surface area (Å²) in [6.45, 7) is 0. The van der Waals surface area contributed by atoms with Crippen LogP contribution in [-0.4, -0.2) is 22.3 Å². The summed E-state index contributed by atoms with van der Waals surface area (Å²) in [5.41, 5.74) is 2.44. The van der Waals surface area contributed by atoms with Gasteiger partial charge in [-0.1, -0.05) is 12.1 Å². The average molecular weight is 458 g/mol. The van der Waals surface area contributed by atoms with E-state index in [0.29, 0.717) is 23.4 Å². The zero-order valence-corrected chi connectivity index (χ0v) is 17.9. The molecule has 0 N–H and O–H groups in total. The van der Waals surface area contributed by atoms with Crippen molar-refractivity contribution in [2.24, 2.45) is 0 Å². The van der Waals surface area contributed by atoms with Gasteiger partial charge < -0.3 is 9.47 Å². The van der Waals surface area contributed by atoms with E-state index in [9.17, 15) is 17.6 Å². The minimum atomic E-state index is -4.57. The van der Waals surface area contributed by atoms with E-state index in [1.165, 1.54) is 25.4 Å². The molecule has 1 aliphatic heterocycles. The summed E-state index contributed by atoms with van der Waals surface area (Å²) in [5.74, 6) is -0.614. The molecule has 5 rings (SSSR count). The van der Waals surface area contributed by atoms with Gasteiger partial charge in [0.05, 0.1) is 13.4 Å². The molecule has 2 aromatic carbocycles. The Kier molecular flexibility index (Phi) is 5.18. The Hall–Kier alpha value is -3.29. The van der Waals surface area contributed by atoms with E-state index < -0.39 is 17.6 Å². The third-order valence-electron chi connectivity index (χ3n) is 6.63. The number of methoxy groups -OCH3 is 1. The zero-order chi connectivity index (χ0) is 23.2. The predicted molar refractivity (Wildman–Crippen MR) is 115 cm³/mol. The first-order valence-corrected chi connectivity index (χ1v) is 10.7. The fourth-order valence-electron chi connectivity index (χ4n) is 5.13. The normalized spacial score (nSPS) is 22.5. The van der Waals surface area contributed by atoms with Gasteiger partial charge >= 0.3 is 6.18 Å². The van der Waals surface area contributed by atoms with Crippen LogP contribution in [0.5, 0.6) is 5.75 Å². The lowest BCUT2D eigenvalue weighted by molar-refractivity contribution is -0.145. The molecule has 4 nitrogen and oxygen atoms in total. The van der Waals surface area contributed by atoms with Crippen molar-refractivity contribution in [1.29, 1.82) is 0 Å². The van der Waals surface area contributed by atoms with Crippen LogP contribution in [0, 0.1) is 5.82 Å². The van der Waals surface area contributed by atoms with Crippen molar-refractivity contribution >= 4 is 5.57 Å². The number of alkyl halides is 3. The standard InChI is InChI=1S/C25H22F4N2O2/c1-32-22-9-8-19(31-12-11-30-23(31)25(27,28)29)13-20(22)17-14-24(33-15-17)10-2-3-21(24)16-4-6-18(26)7-5-16/h4-9,11-13,15,21H,2-3,10,14H2,1H3/t21-,24+/m0/s1. The number of rotatable bonds is 4. The molecule has 33 heavy (non-hydrogen) atoms. The molecule has 1 saturated carbocycles. The number of imidazole rings is 1. The van der Waals surface area contributed by atoms with Crippen molar-refractivity contribution in [2.75, 3.05) is 7.11 Å². The van der Waals surface area contributed by atoms with Gasteiger partial charge in [0, 0.05) is 41.6 Å². The highest BCUT2D eigenvalue weighted by atomic mass is 19.4. The van der Waals surface area contributed by atoms with Crippen LogP contribution in [0.15, 0.2) is 61.1 Å². The Morgan fingerprint density at radius 1 is 1.15 bits per heavy atom. The summed E-state index contributed by atoms with van der Waals surface area (Å²) in [7, 11) is 1.53. The van der Waals surface area contributed by atoms with Crippen LogP contribution in [0.2, 0.25) is 0 Å². The minimum absolute atomic E-state index is 0.103. The van der Waals surface area contributed by atoms with Crippen molar-refractivity contribution in [3.8, 4) is 11.4 Å². The molecule has 0 amide bonds. The number of hydrogen-bond acceptors (Lipinski definition) is 3. The Balaban J connectivity index is 1.48. The third kappa shape index (κ3) is 3.77. The lowest BCUT2D eigenvalue weighted by atomic mass is 9.80. The van der Waals surface area contributed by atoms with Crippen molar-refractivity contribution in [3.05, 3.63) is 83.9 Å². The molecule has 2 heterocycles. The van der Waals surface area contributed by atoms with Crippen molar-refractivity contribution in [1.82, 2.24) is 9.55 Å². The maximum absolute atomic E-state index is 13.4. The topological polar surface area (TPSA) is 36.3 Å². The first-order valence-electron chi connectivity index (χ1n) is 10.7. The van der Waals surface area contributed by atoms with E-state index in [0.717, 1.165) is 41.2 Å². The summed E-state index contributed by atoms with van der Waals surface area (Å²) in [6.07, 6.45) is 2.88. The van der Waals surface area contributed by atoms with Crippen molar-refractivity contribution in [3.63, 3.8) is 0 Å². The third-order valence-corrected chi connectivity index (χ3v) is 6.63. The predicted octanol–water partition coefficient (Wildman–Crippen LogP) is 6.51. The van der Waals surface area contributed by atoms with Gasteiger partial charge in [-0.2, -0.15) is 13.2 Å². The molecule has 0 bridgehead atoms. The fourth-order valence-corrected chi connectivity index (χ4v) is 5.13. The lowest BCUT2D eigenvalue weighted by Crippen LogP contribution is -2.31. The number of halogens is 4. The van der Waals surface area contributed by atoms with Gasteiger partial charge in [0.15, 0.2) is 0 Å². The van der Waals surface area contributed by atoms with Gasteiger partial charge in [-0.15, -0.1) is 0 Å². The molecule has 172 valence electrons. The maximum Gasteiger partial charge on any atom is 0.450 e. The van der Waals surface area contributed by atoms with Crippen LogP contribution in [0.25, 0.3) is 11.3 Å². The van der Waals surface area contributed by atoms with E-state index >= 15 is 0 Å². The second kappa shape index (κ2) is 7.93. The second-order valence-electron chi connectivity index (χ2n) is 8.50. The molecular weight excluding hydrogens is 436 g/mol. The van der Waals surface area contributed by atoms with E-state index in [1.807, 2.05) is 0 Å².